The topological polar surface area (TPSA) is 51.2 Å². The van der Waals surface area contributed by atoms with Crippen molar-refractivity contribution in [2.45, 2.75) is 11.8 Å². The number of nitrogens with one attached hydrogen (secondary N) is 1. The Morgan fingerprint density at radius 1 is 1.23 bits per heavy atom. The Morgan fingerprint density at radius 3 is 2.55 bits per heavy atom. The third kappa shape index (κ3) is 3.76. The highest BCUT2D eigenvalue weighted by Gasteiger charge is 2.15. The molecule has 1 atom stereocenters. The molecule has 2 aromatic rings. The van der Waals surface area contributed by atoms with Crippen LogP contribution in [0.3, 0.4) is 0 Å². The molecule has 0 fully saturated rings. The summed E-state index contributed by atoms with van der Waals surface area (Å²) in [5.74, 6) is -4.71. The van der Waals surface area contributed by atoms with Gasteiger partial charge in [-0.15, -0.1) is 0 Å². The Hall–Kier alpha value is -2.09. The number of halogens is 4. The highest BCUT2D eigenvalue weighted by atomic mass is 79.9. The molecular formula is C14H10BrF3N2O2. The van der Waals surface area contributed by atoms with Gasteiger partial charge in [-0.3, -0.25) is 4.79 Å². The van der Waals surface area contributed by atoms with Crippen LogP contribution in [-0.2, 0) is 4.79 Å². The van der Waals surface area contributed by atoms with Gasteiger partial charge in [0.05, 0.1) is 11.0 Å². The van der Waals surface area contributed by atoms with E-state index in [0.29, 0.717) is 0 Å². The molecule has 2 rings (SSSR count). The van der Waals surface area contributed by atoms with E-state index in [9.17, 15) is 18.0 Å². The summed E-state index contributed by atoms with van der Waals surface area (Å²) >= 11 is 3.10. The van der Waals surface area contributed by atoms with Crippen LogP contribution in [0, 0.1) is 17.5 Å². The highest BCUT2D eigenvalue weighted by Crippen LogP contribution is 2.27. The van der Waals surface area contributed by atoms with E-state index in [1.54, 1.807) is 6.92 Å². The van der Waals surface area contributed by atoms with E-state index in [4.69, 9.17) is 4.74 Å². The molecular weight excluding hydrogens is 365 g/mol. The maximum atomic E-state index is 13.5. The fourth-order valence-electron chi connectivity index (χ4n) is 1.45. The van der Waals surface area contributed by atoms with Gasteiger partial charge in [-0.05, 0) is 31.2 Å². The largest absolute Gasteiger partial charge is 0.453 e. The van der Waals surface area contributed by atoms with Gasteiger partial charge < -0.3 is 10.1 Å². The number of hydrogen-bond donors (Lipinski definition) is 1. The fourth-order valence-corrected chi connectivity index (χ4v) is 1.57. The maximum Gasteiger partial charge on any atom is 0.239 e. The number of ether oxygens (including phenoxy) is 1. The number of aromatic nitrogens is 1. The van der Waals surface area contributed by atoms with Gasteiger partial charge in [0.2, 0.25) is 11.7 Å². The molecule has 0 aliphatic heterocycles. The van der Waals surface area contributed by atoms with Crippen molar-refractivity contribution in [3.8, 4) is 11.5 Å². The highest BCUT2D eigenvalue weighted by molar-refractivity contribution is 9.10. The molecule has 116 valence electrons. The molecule has 22 heavy (non-hydrogen) atoms. The van der Waals surface area contributed by atoms with Crippen LogP contribution in [0.5, 0.6) is 11.5 Å². The number of carbonyl (C=O) groups excluding carboxylic acids is 1. The van der Waals surface area contributed by atoms with Crippen molar-refractivity contribution in [2.75, 3.05) is 5.32 Å². The van der Waals surface area contributed by atoms with Crippen molar-refractivity contribution < 1.29 is 22.7 Å². The Labute approximate surface area is 132 Å². The van der Waals surface area contributed by atoms with Crippen LogP contribution in [0.15, 0.2) is 30.5 Å². The van der Waals surface area contributed by atoms with E-state index in [1.165, 1.54) is 18.3 Å². The molecule has 0 spiro atoms. The van der Waals surface area contributed by atoms with Crippen LogP contribution in [0.2, 0.25) is 0 Å². The number of benzene rings is 1. The summed E-state index contributed by atoms with van der Waals surface area (Å²) in [6.07, 6.45) is 1.22. The zero-order chi connectivity index (χ0) is 16.3. The number of carbonyl (C=O) groups is 1. The predicted octanol–water partition coefficient (Wildman–Crippen LogP) is 4.01. The Kier molecular flexibility index (Phi) is 5.02. The molecule has 0 aliphatic rings. The van der Waals surface area contributed by atoms with E-state index >= 15 is 0 Å². The zero-order valence-corrected chi connectivity index (χ0v) is 12.8. The standard InChI is InChI=1S/C14H10BrF3N2O2/c1-7(15)14(21)20-11-5-2-8(6-19-11)22-10-4-3-9(16)12(17)13(10)18/h2-7H,1H3,(H,19,20,21). The summed E-state index contributed by atoms with van der Waals surface area (Å²) in [5.41, 5.74) is 0. The van der Waals surface area contributed by atoms with Crippen molar-refractivity contribution in [2.24, 2.45) is 0 Å². The second-order valence-corrected chi connectivity index (χ2v) is 5.63. The lowest BCUT2D eigenvalue weighted by Crippen LogP contribution is -2.20. The second-order valence-electron chi connectivity index (χ2n) is 4.26. The van der Waals surface area contributed by atoms with Crippen molar-refractivity contribution in [1.29, 1.82) is 0 Å². The number of hydrogen-bond acceptors (Lipinski definition) is 3. The predicted molar refractivity (Wildman–Crippen MR) is 77.6 cm³/mol. The molecule has 1 unspecified atom stereocenters. The quantitative estimate of drug-likeness (QED) is 0.649. The van der Waals surface area contributed by atoms with E-state index in [2.05, 4.69) is 26.2 Å². The van der Waals surface area contributed by atoms with Crippen LogP contribution < -0.4 is 10.1 Å². The molecule has 1 heterocycles. The van der Waals surface area contributed by atoms with Gasteiger partial charge in [0.1, 0.15) is 11.6 Å². The normalized spacial score (nSPS) is 11.9. The monoisotopic (exact) mass is 374 g/mol. The van der Waals surface area contributed by atoms with Gasteiger partial charge in [-0.1, -0.05) is 15.9 Å². The van der Waals surface area contributed by atoms with E-state index in [1.807, 2.05) is 0 Å². The Morgan fingerprint density at radius 2 is 1.95 bits per heavy atom. The maximum absolute atomic E-state index is 13.5. The van der Waals surface area contributed by atoms with Crippen molar-refractivity contribution in [3.05, 3.63) is 47.9 Å². The van der Waals surface area contributed by atoms with Gasteiger partial charge in [-0.25, -0.2) is 13.8 Å². The fraction of sp³-hybridized carbons (Fsp3) is 0.143. The van der Waals surface area contributed by atoms with Gasteiger partial charge in [0.15, 0.2) is 17.4 Å². The molecule has 8 heteroatoms. The lowest BCUT2D eigenvalue weighted by molar-refractivity contribution is -0.115. The number of amides is 1. The van der Waals surface area contributed by atoms with E-state index in [-0.39, 0.29) is 22.3 Å². The van der Waals surface area contributed by atoms with Crippen LogP contribution in [0.25, 0.3) is 0 Å². The minimum Gasteiger partial charge on any atom is -0.453 e. The average molecular weight is 375 g/mol. The first-order valence-corrected chi connectivity index (χ1v) is 7.02. The number of nitrogens with zero attached hydrogens (tertiary/aromatic N) is 1. The number of rotatable bonds is 4. The lowest BCUT2D eigenvalue weighted by atomic mass is 10.3. The van der Waals surface area contributed by atoms with Crippen molar-refractivity contribution in [3.63, 3.8) is 0 Å². The summed E-state index contributed by atoms with van der Waals surface area (Å²) in [7, 11) is 0. The van der Waals surface area contributed by atoms with Gasteiger partial charge in [-0.2, -0.15) is 4.39 Å². The van der Waals surface area contributed by atoms with Gasteiger partial charge in [0, 0.05) is 0 Å². The second kappa shape index (κ2) is 6.78. The molecule has 0 saturated carbocycles. The summed E-state index contributed by atoms with van der Waals surface area (Å²) in [4.78, 5) is 15.0. The third-order valence-electron chi connectivity index (χ3n) is 2.58. The van der Waals surface area contributed by atoms with Crippen LogP contribution in [0.1, 0.15) is 6.92 Å². The average Bonchev–Trinajstić information content (AvgIpc) is 2.49. The molecule has 1 N–H and O–H groups in total. The van der Waals surface area contributed by atoms with Gasteiger partial charge in [0.25, 0.3) is 0 Å². The van der Waals surface area contributed by atoms with Crippen LogP contribution >= 0.6 is 15.9 Å². The first-order chi connectivity index (χ1) is 10.4. The number of pyridine rings is 1. The molecule has 0 saturated heterocycles. The molecule has 0 bridgehead atoms. The van der Waals surface area contributed by atoms with Gasteiger partial charge >= 0.3 is 0 Å². The van der Waals surface area contributed by atoms with E-state index in [0.717, 1.165) is 12.1 Å². The Balaban J connectivity index is 2.12. The minimum absolute atomic E-state index is 0.106. The van der Waals surface area contributed by atoms with Crippen molar-refractivity contribution in [1.82, 2.24) is 4.98 Å². The van der Waals surface area contributed by atoms with Crippen LogP contribution in [-0.4, -0.2) is 15.7 Å². The van der Waals surface area contributed by atoms with E-state index < -0.39 is 23.2 Å². The molecule has 0 radical (unpaired) electrons. The summed E-state index contributed by atoms with van der Waals surface area (Å²) in [6.45, 7) is 1.65. The molecule has 4 nitrogen and oxygen atoms in total. The SMILES string of the molecule is CC(Br)C(=O)Nc1ccc(Oc2ccc(F)c(F)c2F)cn1. The Bertz CT molecular complexity index is 693. The summed E-state index contributed by atoms with van der Waals surface area (Å²) in [6, 6.07) is 4.56. The molecule has 0 aliphatic carbocycles. The number of alkyl halides is 1. The third-order valence-corrected chi connectivity index (χ3v) is 2.99. The zero-order valence-electron chi connectivity index (χ0n) is 11.2. The summed E-state index contributed by atoms with van der Waals surface area (Å²) in [5, 5.41) is 2.52. The summed E-state index contributed by atoms with van der Waals surface area (Å²) < 4.78 is 44.4. The lowest BCUT2D eigenvalue weighted by Gasteiger charge is -2.09. The first kappa shape index (κ1) is 16.3. The minimum atomic E-state index is -1.61. The first-order valence-electron chi connectivity index (χ1n) is 6.11. The smallest absolute Gasteiger partial charge is 0.239 e. The van der Waals surface area contributed by atoms with Crippen molar-refractivity contribution >= 4 is 27.7 Å². The molecule has 1 amide bonds. The molecule has 1 aromatic carbocycles. The number of anilines is 1. The molecule has 1 aromatic heterocycles. The van der Waals surface area contributed by atoms with Crippen LogP contribution in [0.4, 0.5) is 19.0 Å².